The zero-order valence-corrected chi connectivity index (χ0v) is 31.6. The monoisotopic (exact) mass is 676 g/mol. The van der Waals surface area contributed by atoms with Crippen LogP contribution in [0.2, 0.25) is 0 Å². The predicted octanol–water partition coefficient (Wildman–Crippen LogP) is 12.3. The predicted molar refractivity (Wildman–Crippen MR) is 203 cm³/mol. The summed E-state index contributed by atoms with van der Waals surface area (Å²) in [6.45, 7) is 4.21. The number of nitrogens with one attached hydrogen (secondary N) is 1. The molecule has 0 aliphatic carbocycles. The number of aliphatic carboxylic acids is 1. The number of allylic oxidation sites excluding steroid dienone is 4. The lowest BCUT2D eigenvalue weighted by molar-refractivity contribution is -0.150. The Bertz CT molecular complexity index is 793. The Hall–Kier alpha value is -2.11. The quantitative estimate of drug-likeness (QED) is 0.0388. The molecule has 2 N–H and O–H groups in total. The summed E-state index contributed by atoms with van der Waals surface area (Å²) in [6.07, 6.45) is 44.4. The van der Waals surface area contributed by atoms with Crippen molar-refractivity contribution in [2.24, 2.45) is 0 Å². The lowest BCUT2D eigenvalue weighted by Crippen LogP contribution is -2.28. The van der Waals surface area contributed by atoms with Gasteiger partial charge < -0.3 is 15.2 Å². The molecule has 0 rings (SSSR count). The zero-order chi connectivity index (χ0) is 35.2. The first kappa shape index (κ1) is 45.9. The normalized spacial score (nSPS) is 12.2. The van der Waals surface area contributed by atoms with Crippen LogP contribution in [-0.4, -0.2) is 35.6 Å². The Morgan fingerprint density at radius 3 is 1.52 bits per heavy atom. The average Bonchev–Trinajstić information content (AvgIpc) is 3.07. The number of carbonyl (C=O) groups is 3. The highest BCUT2D eigenvalue weighted by Crippen LogP contribution is 2.18. The minimum Gasteiger partial charge on any atom is -0.480 e. The number of carboxylic acid groups (broad SMARTS) is 1. The van der Waals surface area contributed by atoms with E-state index < -0.39 is 5.97 Å². The van der Waals surface area contributed by atoms with E-state index in [1.165, 1.54) is 109 Å². The Labute approximate surface area is 296 Å². The van der Waals surface area contributed by atoms with Crippen molar-refractivity contribution in [3.8, 4) is 0 Å². The molecule has 1 amide bonds. The summed E-state index contributed by atoms with van der Waals surface area (Å²) in [5.41, 5.74) is 0. The smallest absolute Gasteiger partial charge is 0.322 e. The summed E-state index contributed by atoms with van der Waals surface area (Å²) in [7, 11) is 0. The maximum Gasteiger partial charge on any atom is 0.322 e. The fraction of sp³-hybridized carbons (Fsp3) is 0.833. The molecular formula is C42H77NO5. The maximum atomic E-state index is 12.7. The third kappa shape index (κ3) is 36.7. The van der Waals surface area contributed by atoms with Gasteiger partial charge in [0.1, 0.15) is 12.6 Å². The van der Waals surface area contributed by atoms with E-state index in [1.807, 2.05) is 0 Å². The minimum atomic E-state index is -1.02. The third-order valence-corrected chi connectivity index (χ3v) is 9.13. The summed E-state index contributed by atoms with van der Waals surface area (Å²) in [4.78, 5) is 34.9. The summed E-state index contributed by atoms with van der Waals surface area (Å²) in [6, 6.07) is 0. The molecule has 0 aromatic rings. The Morgan fingerprint density at radius 2 is 0.979 bits per heavy atom. The number of amides is 1. The first-order chi connectivity index (χ1) is 23.5. The fourth-order valence-corrected chi connectivity index (χ4v) is 6.08. The molecule has 0 radical (unpaired) electrons. The average molecular weight is 676 g/mol. The number of carbonyl (C=O) groups excluding carboxylic acids is 2. The molecule has 0 aromatic carbocycles. The van der Waals surface area contributed by atoms with Crippen LogP contribution >= 0.6 is 0 Å². The van der Waals surface area contributed by atoms with Crippen LogP contribution in [-0.2, 0) is 19.1 Å². The highest BCUT2D eigenvalue weighted by Gasteiger charge is 2.14. The molecule has 0 aliphatic rings. The van der Waals surface area contributed by atoms with E-state index in [9.17, 15) is 14.4 Å². The van der Waals surface area contributed by atoms with E-state index in [0.717, 1.165) is 77.0 Å². The fourth-order valence-electron chi connectivity index (χ4n) is 6.08. The van der Waals surface area contributed by atoms with Crippen molar-refractivity contribution in [3.05, 3.63) is 24.3 Å². The summed E-state index contributed by atoms with van der Waals surface area (Å²) in [5.74, 6) is -1.25. The Morgan fingerprint density at radius 1 is 0.542 bits per heavy atom. The number of carboxylic acids is 1. The molecule has 0 fully saturated rings. The van der Waals surface area contributed by atoms with E-state index in [4.69, 9.17) is 9.84 Å². The standard InChI is InChI=1S/C42H77NO5/c1-3-5-7-9-11-13-15-17-19-21-23-26-30-34-39(35-31-27-25-28-32-36-40(44)43-38-41(45)46)48-42(47)37-33-29-24-22-20-18-16-14-12-10-8-6-4-2/h15,17,21,23,39H,3-14,16,18-20,22,24-38H2,1-2H3,(H,43,44)(H,45,46)/b17-15-,23-21-. The van der Waals surface area contributed by atoms with E-state index >= 15 is 0 Å². The van der Waals surface area contributed by atoms with Gasteiger partial charge in [-0.1, -0.05) is 160 Å². The van der Waals surface area contributed by atoms with Gasteiger partial charge in [0, 0.05) is 12.8 Å². The molecule has 0 heterocycles. The SMILES string of the molecule is CCCCCCC/C=C\C/C=C\CCCC(CCCCCCCC(=O)NCC(=O)O)OC(=O)CCCCCCCCCCCCCCC. The van der Waals surface area contributed by atoms with Crippen molar-refractivity contribution in [3.63, 3.8) is 0 Å². The van der Waals surface area contributed by atoms with Gasteiger partial charge in [-0.25, -0.2) is 0 Å². The van der Waals surface area contributed by atoms with Gasteiger partial charge in [0.2, 0.25) is 5.91 Å². The van der Waals surface area contributed by atoms with Crippen molar-refractivity contribution < 1.29 is 24.2 Å². The van der Waals surface area contributed by atoms with Crippen LogP contribution in [0.25, 0.3) is 0 Å². The largest absolute Gasteiger partial charge is 0.480 e. The molecule has 0 saturated heterocycles. The first-order valence-electron chi connectivity index (χ1n) is 20.5. The molecular weight excluding hydrogens is 598 g/mol. The van der Waals surface area contributed by atoms with Gasteiger partial charge in [0.15, 0.2) is 0 Å². The van der Waals surface area contributed by atoms with Gasteiger partial charge >= 0.3 is 11.9 Å². The summed E-state index contributed by atoms with van der Waals surface area (Å²) < 4.78 is 5.99. The van der Waals surface area contributed by atoms with E-state index in [0.29, 0.717) is 12.8 Å². The number of unbranched alkanes of at least 4 members (excludes halogenated alkanes) is 22. The van der Waals surface area contributed by atoms with Gasteiger partial charge in [0.25, 0.3) is 0 Å². The van der Waals surface area contributed by atoms with E-state index in [2.05, 4.69) is 43.5 Å². The molecule has 48 heavy (non-hydrogen) atoms. The second-order valence-electron chi connectivity index (χ2n) is 13.9. The second-order valence-corrected chi connectivity index (χ2v) is 13.9. The molecule has 6 heteroatoms. The molecule has 0 spiro atoms. The van der Waals surface area contributed by atoms with Gasteiger partial charge in [-0.3, -0.25) is 14.4 Å². The molecule has 1 unspecified atom stereocenters. The van der Waals surface area contributed by atoms with E-state index in [1.54, 1.807) is 0 Å². The van der Waals surface area contributed by atoms with Crippen molar-refractivity contribution in [2.75, 3.05) is 6.54 Å². The molecule has 0 aliphatic heterocycles. The van der Waals surface area contributed by atoms with Crippen LogP contribution in [0, 0.1) is 0 Å². The van der Waals surface area contributed by atoms with Gasteiger partial charge in [0.05, 0.1) is 0 Å². The van der Waals surface area contributed by atoms with Gasteiger partial charge in [-0.05, 0) is 64.2 Å². The molecule has 0 aromatic heterocycles. The summed E-state index contributed by atoms with van der Waals surface area (Å²) >= 11 is 0. The number of hydrogen-bond acceptors (Lipinski definition) is 4. The number of ether oxygens (including phenoxy) is 1. The molecule has 280 valence electrons. The van der Waals surface area contributed by atoms with Crippen LogP contribution in [0.5, 0.6) is 0 Å². The van der Waals surface area contributed by atoms with Crippen molar-refractivity contribution in [1.82, 2.24) is 5.32 Å². The van der Waals surface area contributed by atoms with Crippen molar-refractivity contribution in [1.29, 1.82) is 0 Å². The van der Waals surface area contributed by atoms with Crippen LogP contribution in [0.3, 0.4) is 0 Å². The Kier molecular flexibility index (Phi) is 36.0. The topological polar surface area (TPSA) is 92.7 Å². The first-order valence-corrected chi connectivity index (χ1v) is 20.5. The molecule has 1 atom stereocenters. The lowest BCUT2D eigenvalue weighted by Gasteiger charge is -2.18. The van der Waals surface area contributed by atoms with Crippen LogP contribution in [0.15, 0.2) is 24.3 Å². The van der Waals surface area contributed by atoms with Gasteiger partial charge in [-0.15, -0.1) is 0 Å². The minimum absolute atomic E-state index is 0.0118. The van der Waals surface area contributed by atoms with E-state index in [-0.39, 0.29) is 24.5 Å². The highest BCUT2D eigenvalue weighted by molar-refractivity contribution is 5.80. The zero-order valence-electron chi connectivity index (χ0n) is 31.6. The number of hydrogen-bond donors (Lipinski definition) is 2. The Balaban J connectivity index is 4.24. The molecule has 0 bridgehead atoms. The van der Waals surface area contributed by atoms with Gasteiger partial charge in [-0.2, -0.15) is 0 Å². The third-order valence-electron chi connectivity index (χ3n) is 9.13. The maximum absolute atomic E-state index is 12.7. The van der Waals surface area contributed by atoms with Crippen LogP contribution < -0.4 is 5.32 Å². The second kappa shape index (κ2) is 37.7. The number of rotatable bonds is 37. The van der Waals surface area contributed by atoms with Crippen molar-refractivity contribution in [2.45, 2.75) is 219 Å². The van der Waals surface area contributed by atoms with Crippen LogP contribution in [0.1, 0.15) is 213 Å². The lowest BCUT2D eigenvalue weighted by atomic mass is 10.0. The molecule has 6 nitrogen and oxygen atoms in total. The highest BCUT2D eigenvalue weighted by atomic mass is 16.5. The number of esters is 1. The van der Waals surface area contributed by atoms with Crippen molar-refractivity contribution >= 4 is 17.8 Å². The molecule has 0 saturated carbocycles. The van der Waals surface area contributed by atoms with Crippen LogP contribution in [0.4, 0.5) is 0 Å². The summed E-state index contributed by atoms with van der Waals surface area (Å²) in [5, 5.41) is 11.1.